The monoisotopic (exact) mass is 300 g/mol. The van der Waals surface area contributed by atoms with Crippen molar-refractivity contribution in [3.05, 3.63) is 33.3 Å². The molecule has 5 heteroatoms. The van der Waals surface area contributed by atoms with E-state index < -0.39 is 18.7 Å². The van der Waals surface area contributed by atoms with E-state index in [4.69, 9.17) is 9.84 Å². The van der Waals surface area contributed by atoms with Gasteiger partial charge in [-0.15, -0.1) is 0 Å². The molecule has 1 aliphatic rings. The van der Waals surface area contributed by atoms with Crippen LogP contribution in [0.3, 0.4) is 0 Å². The maximum Gasteiger partial charge on any atom is 0.335 e. The van der Waals surface area contributed by atoms with Gasteiger partial charge in [0.15, 0.2) is 6.10 Å². The van der Waals surface area contributed by atoms with Crippen LogP contribution in [-0.4, -0.2) is 23.9 Å². The van der Waals surface area contributed by atoms with Crippen LogP contribution in [0.4, 0.5) is 4.39 Å². The minimum atomic E-state index is -1.16. The highest BCUT2D eigenvalue weighted by molar-refractivity contribution is 9.10. The van der Waals surface area contributed by atoms with Crippen LogP contribution in [-0.2, 0) is 4.79 Å². The first kappa shape index (κ1) is 12.1. The maximum absolute atomic E-state index is 12.7. The standard InChI is InChI=1S/C12H10BrFO3/c1-6-2-7-4-8(12(15)16)10(5-14)17-11(7)9(13)3-6/h2-4,10H,5H2,1H3,(H,15,16). The number of hydrogen-bond acceptors (Lipinski definition) is 2. The molecule has 1 aliphatic heterocycles. The Morgan fingerprint density at radius 3 is 2.88 bits per heavy atom. The number of ether oxygens (including phenoxy) is 1. The maximum atomic E-state index is 12.7. The summed E-state index contributed by atoms with van der Waals surface area (Å²) in [6.45, 7) is 1.03. The van der Waals surface area contributed by atoms with Gasteiger partial charge in [-0.2, -0.15) is 0 Å². The van der Waals surface area contributed by atoms with Crippen molar-refractivity contribution in [2.75, 3.05) is 6.67 Å². The van der Waals surface area contributed by atoms with E-state index in [1.807, 2.05) is 13.0 Å². The molecule has 2 rings (SSSR count). The van der Waals surface area contributed by atoms with E-state index in [1.165, 1.54) is 6.08 Å². The lowest BCUT2D eigenvalue weighted by Crippen LogP contribution is -2.29. The first-order valence-corrected chi connectivity index (χ1v) is 5.80. The molecule has 0 saturated heterocycles. The molecule has 0 amide bonds. The normalized spacial score (nSPS) is 18.1. The van der Waals surface area contributed by atoms with Gasteiger partial charge in [-0.05, 0) is 46.6 Å². The van der Waals surface area contributed by atoms with Gasteiger partial charge in [-0.3, -0.25) is 0 Å². The van der Waals surface area contributed by atoms with Crippen LogP contribution >= 0.6 is 15.9 Å². The number of aryl methyl sites for hydroxylation is 1. The zero-order valence-corrected chi connectivity index (χ0v) is 10.6. The van der Waals surface area contributed by atoms with E-state index >= 15 is 0 Å². The Morgan fingerprint density at radius 1 is 1.59 bits per heavy atom. The van der Waals surface area contributed by atoms with Crippen molar-refractivity contribution >= 4 is 28.0 Å². The third-order valence-corrected chi connectivity index (χ3v) is 3.11. The molecule has 1 aromatic rings. The van der Waals surface area contributed by atoms with Gasteiger partial charge < -0.3 is 9.84 Å². The molecular weight excluding hydrogens is 291 g/mol. The SMILES string of the molecule is Cc1cc(Br)c2c(c1)C=C(C(=O)O)C(CF)O2. The summed E-state index contributed by atoms with van der Waals surface area (Å²) in [6.07, 6.45) is 0.419. The van der Waals surface area contributed by atoms with Crippen LogP contribution in [0.2, 0.25) is 0 Å². The number of carboxylic acid groups (broad SMARTS) is 1. The number of alkyl halides is 1. The van der Waals surface area contributed by atoms with Gasteiger partial charge >= 0.3 is 5.97 Å². The molecule has 1 aromatic carbocycles. The molecule has 0 aliphatic carbocycles. The summed E-state index contributed by atoms with van der Waals surface area (Å²) >= 11 is 3.32. The summed E-state index contributed by atoms with van der Waals surface area (Å²) in [7, 11) is 0. The van der Waals surface area contributed by atoms with E-state index in [-0.39, 0.29) is 5.57 Å². The second-order valence-corrected chi connectivity index (χ2v) is 4.69. The third kappa shape index (κ3) is 2.20. The van der Waals surface area contributed by atoms with Crippen LogP contribution < -0.4 is 4.74 Å². The minimum absolute atomic E-state index is 0.0579. The van der Waals surface area contributed by atoms with Crippen molar-refractivity contribution in [2.45, 2.75) is 13.0 Å². The van der Waals surface area contributed by atoms with Gasteiger partial charge in [0.25, 0.3) is 0 Å². The number of benzene rings is 1. The lowest BCUT2D eigenvalue weighted by atomic mass is 10.0. The van der Waals surface area contributed by atoms with Gasteiger partial charge in [0.2, 0.25) is 0 Å². The quantitative estimate of drug-likeness (QED) is 0.913. The molecule has 0 spiro atoms. The van der Waals surface area contributed by atoms with Crippen molar-refractivity contribution in [1.29, 1.82) is 0 Å². The van der Waals surface area contributed by atoms with Crippen LogP contribution in [0.5, 0.6) is 5.75 Å². The summed E-state index contributed by atoms with van der Waals surface area (Å²) in [5, 5.41) is 8.98. The molecule has 0 aromatic heterocycles. The second-order valence-electron chi connectivity index (χ2n) is 3.83. The van der Waals surface area contributed by atoms with E-state index in [2.05, 4.69) is 15.9 Å². The predicted octanol–water partition coefficient (Wildman–Crippen LogP) is 2.96. The molecule has 17 heavy (non-hydrogen) atoms. The first-order valence-electron chi connectivity index (χ1n) is 5.00. The number of halogens is 2. The van der Waals surface area contributed by atoms with E-state index in [9.17, 15) is 9.18 Å². The Kier molecular flexibility index (Phi) is 3.19. The smallest absolute Gasteiger partial charge is 0.335 e. The van der Waals surface area contributed by atoms with Crippen molar-refractivity contribution in [3.8, 4) is 5.75 Å². The molecule has 1 N–H and O–H groups in total. The Labute approximate surface area is 106 Å². The van der Waals surface area contributed by atoms with Gasteiger partial charge in [0, 0.05) is 5.56 Å². The highest BCUT2D eigenvalue weighted by Crippen LogP contribution is 2.37. The van der Waals surface area contributed by atoms with Crippen LogP contribution in [0.25, 0.3) is 6.08 Å². The van der Waals surface area contributed by atoms with Crippen LogP contribution in [0.15, 0.2) is 22.2 Å². The fraction of sp³-hybridized carbons (Fsp3) is 0.250. The largest absolute Gasteiger partial charge is 0.481 e. The Hall–Kier alpha value is -1.36. The fourth-order valence-corrected chi connectivity index (χ4v) is 2.45. The van der Waals surface area contributed by atoms with E-state index in [0.29, 0.717) is 15.8 Å². The minimum Gasteiger partial charge on any atom is -0.481 e. The first-order chi connectivity index (χ1) is 8.02. The van der Waals surface area contributed by atoms with Crippen molar-refractivity contribution in [2.24, 2.45) is 0 Å². The lowest BCUT2D eigenvalue weighted by molar-refractivity contribution is -0.133. The molecule has 0 radical (unpaired) electrons. The number of hydrogen-bond donors (Lipinski definition) is 1. The molecule has 0 saturated carbocycles. The molecule has 1 unspecified atom stereocenters. The number of carbonyl (C=O) groups is 1. The molecule has 3 nitrogen and oxygen atoms in total. The van der Waals surface area contributed by atoms with Crippen LogP contribution in [0.1, 0.15) is 11.1 Å². The molecular formula is C12H10BrFO3. The van der Waals surface area contributed by atoms with Crippen molar-refractivity contribution in [1.82, 2.24) is 0 Å². The molecule has 90 valence electrons. The van der Waals surface area contributed by atoms with E-state index in [0.717, 1.165) is 5.56 Å². The number of carboxylic acids is 1. The summed E-state index contributed by atoms with van der Waals surface area (Å²) < 4.78 is 18.8. The number of rotatable bonds is 2. The number of aliphatic carboxylic acids is 1. The van der Waals surface area contributed by atoms with Crippen molar-refractivity contribution in [3.63, 3.8) is 0 Å². The summed E-state index contributed by atoms with van der Waals surface area (Å²) in [5.74, 6) is -0.667. The zero-order chi connectivity index (χ0) is 12.6. The Morgan fingerprint density at radius 2 is 2.29 bits per heavy atom. The van der Waals surface area contributed by atoms with E-state index in [1.54, 1.807) is 6.07 Å². The van der Waals surface area contributed by atoms with Crippen LogP contribution in [0, 0.1) is 6.92 Å². The number of fused-ring (bicyclic) bond motifs is 1. The average molecular weight is 301 g/mol. The summed E-state index contributed by atoms with van der Waals surface area (Å²) in [5.41, 5.74) is 1.57. The zero-order valence-electron chi connectivity index (χ0n) is 9.04. The summed E-state index contributed by atoms with van der Waals surface area (Å²) in [6, 6.07) is 3.64. The van der Waals surface area contributed by atoms with Crippen molar-refractivity contribution < 1.29 is 19.0 Å². The van der Waals surface area contributed by atoms with Gasteiger partial charge in [-0.25, -0.2) is 9.18 Å². The fourth-order valence-electron chi connectivity index (χ4n) is 1.77. The predicted molar refractivity (Wildman–Crippen MR) is 64.9 cm³/mol. The molecule has 1 heterocycles. The highest BCUT2D eigenvalue weighted by Gasteiger charge is 2.28. The van der Waals surface area contributed by atoms with Gasteiger partial charge in [-0.1, -0.05) is 0 Å². The Balaban J connectivity index is 2.57. The van der Waals surface area contributed by atoms with Gasteiger partial charge in [0.05, 0.1) is 10.0 Å². The van der Waals surface area contributed by atoms with Gasteiger partial charge in [0.1, 0.15) is 12.4 Å². The topological polar surface area (TPSA) is 46.5 Å². The molecule has 0 bridgehead atoms. The summed E-state index contributed by atoms with van der Waals surface area (Å²) in [4.78, 5) is 11.0. The third-order valence-electron chi connectivity index (χ3n) is 2.52. The molecule has 0 fully saturated rings. The lowest BCUT2D eigenvalue weighted by Gasteiger charge is -2.24. The second kappa shape index (κ2) is 4.49. The highest BCUT2D eigenvalue weighted by atomic mass is 79.9. The molecule has 1 atom stereocenters. The Bertz CT molecular complexity index is 511. The average Bonchev–Trinajstić information content (AvgIpc) is 2.27.